The molecule has 2 unspecified atom stereocenters. The Hall–Kier alpha value is -1.23. The van der Waals surface area contributed by atoms with Crippen LogP contribution in [0.1, 0.15) is 43.7 Å². The van der Waals surface area contributed by atoms with Crippen LogP contribution in [0, 0.1) is 5.92 Å². The van der Waals surface area contributed by atoms with Crippen molar-refractivity contribution < 1.29 is 18.3 Å². The average molecular weight is 301 g/mol. The monoisotopic (exact) mass is 301 g/mol. The quantitative estimate of drug-likeness (QED) is 0.893. The number of nitrogens with zero attached hydrogens (tertiary/aromatic N) is 1. The topological polar surface area (TPSA) is 23.5 Å². The number of phenolic OH excluding ortho intramolecular Hbond substituents is 1. The van der Waals surface area contributed by atoms with Crippen molar-refractivity contribution in [1.82, 2.24) is 4.90 Å². The molecule has 2 atom stereocenters. The minimum absolute atomic E-state index is 0.428. The Balaban J connectivity index is 2.09. The Kier molecular flexibility index (Phi) is 4.81. The van der Waals surface area contributed by atoms with E-state index in [1.165, 1.54) is 12.8 Å². The summed E-state index contributed by atoms with van der Waals surface area (Å²) in [6.07, 6.45) is 0.102. The fourth-order valence-electron chi connectivity index (χ4n) is 3.13. The van der Waals surface area contributed by atoms with Crippen LogP contribution in [-0.4, -0.2) is 23.1 Å². The number of hydrogen-bond acceptors (Lipinski definition) is 2. The first kappa shape index (κ1) is 16.1. The number of rotatable bonds is 3. The minimum atomic E-state index is -4.52. The van der Waals surface area contributed by atoms with Crippen LogP contribution < -0.4 is 0 Å². The van der Waals surface area contributed by atoms with Crippen molar-refractivity contribution in [2.24, 2.45) is 5.92 Å². The van der Waals surface area contributed by atoms with Crippen molar-refractivity contribution >= 4 is 0 Å². The molecular formula is C16H22F3NO. The number of hydrogen-bond donors (Lipinski definition) is 1. The van der Waals surface area contributed by atoms with Crippen LogP contribution in [0.2, 0.25) is 0 Å². The molecule has 21 heavy (non-hydrogen) atoms. The summed E-state index contributed by atoms with van der Waals surface area (Å²) in [5.41, 5.74) is -0.369. The first-order valence-electron chi connectivity index (χ1n) is 7.36. The van der Waals surface area contributed by atoms with Gasteiger partial charge in [0.15, 0.2) is 0 Å². The summed E-state index contributed by atoms with van der Waals surface area (Å²) in [5, 5.41) is 9.35. The fourth-order valence-corrected chi connectivity index (χ4v) is 3.13. The molecule has 1 aromatic carbocycles. The predicted molar refractivity (Wildman–Crippen MR) is 76.0 cm³/mol. The van der Waals surface area contributed by atoms with Gasteiger partial charge in [0.2, 0.25) is 0 Å². The number of alkyl halides is 3. The van der Waals surface area contributed by atoms with E-state index in [1.54, 1.807) is 6.07 Å². The van der Waals surface area contributed by atoms with Crippen molar-refractivity contribution in [1.29, 1.82) is 0 Å². The van der Waals surface area contributed by atoms with Crippen LogP contribution in [-0.2, 0) is 12.7 Å². The van der Waals surface area contributed by atoms with Crippen molar-refractivity contribution in [2.45, 2.75) is 51.4 Å². The lowest BCUT2D eigenvalue weighted by Gasteiger charge is -2.34. The molecule has 0 heterocycles. The van der Waals surface area contributed by atoms with E-state index in [2.05, 4.69) is 11.8 Å². The standard InChI is InChI=1S/C16H22F3NO/c1-11-4-3-5-13(8-11)20(2)10-12-6-7-15(21)14(9-12)16(17,18)19/h6-7,9,11,13,21H,3-5,8,10H2,1-2H3. The van der Waals surface area contributed by atoms with Crippen LogP contribution in [0.15, 0.2) is 18.2 Å². The van der Waals surface area contributed by atoms with Crippen molar-refractivity contribution in [3.05, 3.63) is 29.3 Å². The maximum atomic E-state index is 12.8. The Morgan fingerprint density at radius 1 is 1.29 bits per heavy atom. The van der Waals surface area contributed by atoms with Gasteiger partial charge in [-0.2, -0.15) is 13.2 Å². The molecule has 1 N–H and O–H groups in total. The molecule has 1 aliphatic carbocycles. The van der Waals surface area contributed by atoms with E-state index >= 15 is 0 Å². The summed E-state index contributed by atoms with van der Waals surface area (Å²) in [6, 6.07) is 4.18. The molecule has 2 nitrogen and oxygen atoms in total. The number of phenols is 1. The summed E-state index contributed by atoms with van der Waals surface area (Å²) in [6.45, 7) is 2.70. The lowest BCUT2D eigenvalue weighted by Crippen LogP contribution is -2.35. The third kappa shape index (κ3) is 4.13. The second-order valence-electron chi connectivity index (χ2n) is 6.19. The average Bonchev–Trinajstić information content (AvgIpc) is 2.39. The second-order valence-corrected chi connectivity index (χ2v) is 6.19. The molecule has 5 heteroatoms. The molecule has 118 valence electrons. The van der Waals surface area contributed by atoms with Gasteiger partial charge in [-0.05, 0) is 43.5 Å². The molecule has 0 radical (unpaired) electrons. The highest BCUT2D eigenvalue weighted by Gasteiger charge is 2.34. The van der Waals surface area contributed by atoms with E-state index in [0.29, 0.717) is 24.1 Å². The maximum absolute atomic E-state index is 12.8. The van der Waals surface area contributed by atoms with Crippen LogP contribution in [0.4, 0.5) is 13.2 Å². The zero-order chi connectivity index (χ0) is 15.6. The summed E-state index contributed by atoms with van der Waals surface area (Å²) >= 11 is 0. The molecule has 0 aromatic heterocycles. The molecule has 0 bridgehead atoms. The fraction of sp³-hybridized carbons (Fsp3) is 0.625. The van der Waals surface area contributed by atoms with Crippen molar-refractivity contribution in [3.8, 4) is 5.75 Å². The lowest BCUT2D eigenvalue weighted by atomic mass is 9.86. The molecule has 1 aromatic rings. The SMILES string of the molecule is CC1CCCC(N(C)Cc2ccc(O)c(C(F)(F)F)c2)C1. The first-order valence-corrected chi connectivity index (χ1v) is 7.36. The number of aromatic hydroxyl groups is 1. The zero-order valence-corrected chi connectivity index (χ0v) is 12.5. The smallest absolute Gasteiger partial charge is 0.419 e. The van der Waals surface area contributed by atoms with Gasteiger partial charge in [-0.3, -0.25) is 4.90 Å². The third-order valence-corrected chi connectivity index (χ3v) is 4.33. The van der Waals surface area contributed by atoms with Gasteiger partial charge in [0.25, 0.3) is 0 Å². The molecule has 0 aliphatic heterocycles. The molecule has 1 saturated carbocycles. The summed E-state index contributed by atoms with van der Waals surface area (Å²) in [7, 11) is 1.96. The highest BCUT2D eigenvalue weighted by molar-refractivity contribution is 5.38. The zero-order valence-electron chi connectivity index (χ0n) is 12.5. The van der Waals surface area contributed by atoms with Gasteiger partial charge in [-0.25, -0.2) is 0 Å². The van der Waals surface area contributed by atoms with Gasteiger partial charge < -0.3 is 5.11 Å². The van der Waals surface area contributed by atoms with Crippen LogP contribution in [0.3, 0.4) is 0 Å². The Bertz CT molecular complexity index is 487. The maximum Gasteiger partial charge on any atom is 0.419 e. The highest BCUT2D eigenvalue weighted by Crippen LogP contribution is 2.36. The Labute approximate surface area is 123 Å². The van der Waals surface area contributed by atoms with Gasteiger partial charge in [0.05, 0.1) is 5.56 Å². The molecule has 1 fully saturated rings. The van der Waals surface area contributed by atoms with E-state index in [-0.39, 0.29) is 0 Å². The molecule has 2 rings (SSSR count). The van der Waals surface area contributed by atoms with E-state index in [9.17, 15) is 18.3 Å². The minimum Gasteiger partial charge on any atom is -0.507 e. The van der Waals surface area contributed by atoms with E-state index < -0.39 is 17.5 Å². The van der Waals surface area contributed by atoms with E-state index in [4.69, 9.17) is 0 Å². The van der Waals surface area contributed by atoms with Crippen molar-refractivity contribution in [2.75, 3.05) is 7.05 Å². The van der Waals surface area contributed by atoms with Gasteiger partial charge >= 0.3 is 6.18 Å². The largest absolute Gasteiger partial charge is 0.507 e. The molecule has 0 spiro atoms. The molecule has 1 aliphatic rings. The normalized spacial score (nSPS) is 23.5. The summed E-state index contributed by atoms with van der Waals surface area (Å²) in [5.74, 6) is -0.0306. The van der Waals surface area contributed by atoms with E-state index in [0.717, 1.165) is 25.0 Å². The van der Waals surface area contributed by atoms with Crippen molar-refractivity contribution in [3.63, 3.8) is 0 Å². The third-order valence-electron chi connectivity index (χ3n) is 4.33. The molecular weight excluding hydrogens is 279 g/mol. The molecule has 0 amide bonds. The predicted octanol–water partition coefficient (Wildman–Crippen LogP) is 4.42. The highest BCUT2D eigenvalue weighted by atomic mass is 19.4. The van der Waals surface area contributed by atoms with Crippen LogP contribution >= 0.6 is 0 Å². The van der Waals surface area contributed by atoms with Gasteiger partial charge in [-0.15, -0.1) is 0 Å². The van der Waals surface area contributed by atoms with Gasteiger partial charge in [-0.1, -0.05) is 25.8 Å². The number of halogens is 3. The van der Waals surface area contributed by atoms with Crippen LogP contribution in [0.25, 0.3) is 0 Å². The molecule has 0 saturated heterocycles. The Morgan fingerprint density at radius 3 is 2.62 bits per heavy atom. The number of benzene rings is 1. The van der Waals surface area contributed by atoms with Gasteiger partial charge in [0.1, 0.15) is 5.75 Å². The lowest BCUT2D eigenvalue weighted by molar-refractivity contribution is -0.138. The van der Waals surface area contributed by atoms with E-state index in [1.807, 2.05) is 7.05 Å². The second kappa shape index (κ2) is 6.26. The summed E-state index contributed by atoms with van der Waals surface area (Å²) < 4.78 is 38.4. The van der Waals surface area contributed by atoms with Crippen LogP contribution in [0.5, 0.6) is 5.75 Å². The first-order chi connectivity index (χ1) is 9.77. The Morgan fingerprint density at radius 2 is 2.00 bits per heavy atom. The van der Waals surface area contributed by atoms with Gasteiger partial charge in [0, 0.05) is 12.6 Å². The summed E-state index contributed by atoms with van der Waals surface area (Å²) in [4.78, 5) is 2.13.